The van der Waals surface area contributed by atoms with Gasteiger partial charge in [-0.2, -0.15) is 22.0 Å². The van der Waals surface area contributed by atoms with Crippen LogP contribution in [0.4, 0.5) is 39.5 Å². The molecule has 0 N–H and O–H groups in total. The lowest BCUT2D eigenvalue weighted by Gasteiger charge is -2.20. The Bertz CT molecular complexity index is 1270. The van der Waals surface area contributed by atoms with Crippen molar-refractivity contribution in [2.24, 2.45) is 0 Å². The van der Waals surface area contributed by atoms with Crippen LogP contribution in [0.2, 0.25) is 0 Å². The number of aryl methyl sites for hydroxylation is 1. The molecular formula is C27H19F9O. The van der Waals surface area contributed by atoms with Gasteiger partial charge < -0.3 is 4.74 Å². The highest BCUT2D eigenvalue weighted by atomic mass is 19.4. The van der Waals surface area contributed by atoms with E-state index in [9.17, 15) is 39.5 Å². The normalized spacial score (nSPS) is 11.7. The summed E-state index contributed by atoms with van der Waals surface area (Å²) in [5.74, 6) is -4.33. The van der Waals surface area contributed by atoms with E-state index >= 15 is 0 Å². The molecular weight excluding hydrogens is 511 g/mol. The Kier molecular flexibility index (Phi) is 8.46. The van der Waals surface area contributed by atoms with Crippen LogP contribution < -0.4 is 4.74 Å². The zero-order chi connectivity index (χ0) is 27.4. The average Bonchev–Trinajstić information content (AvgIpc) is 2.76. The molecule has 196 valence electrons. The zero-order valence-corrected chi connectivity index (χ0v) is 19.3. The van der Waals surface area contributed by atoms with E-state index < -0.39 is 52.4 Å². The number of hydrogen-bond donors (Lipinski definition) is 0. The lowest BCUT2D eigenvalue weighted by molar-refractivity contribution is -0.189. The summed E-state index contributed by atoms with van der Waals surface area (Å²) in [6.45, 7) is 2.09. The molecule has 0 saturated heterocycles. The fraction of sp³-hybridized carbons (Fsp3) is 0.259. The van der Waals surface area contributed by atoms with Crippen LogP contribution in [0, 0.1) is 35.1 Å². The average molecular weight is 530 g/mol. The van der Waals surface area contributed by atoms with Gasteiger partial charge in [-0.3, -0.25) is 0 Å². The summed E-state index contributed by atoms with van der Waals surface area (Å²) in [7, 11) is 0. The number of ether oxygens (including phenoxy) is 1. The minimum Gasteiger partial charge on any atom is -0.429 e. The third kappa shape index (κ3) is 7.00. The quantitative estimate of drug-likeness (QED) is 0.169. The minimum absolute atomic E-state index is 0.162. The molecule has 0 aliphatic rings. The number of benzene rings is 3. The van der Waals surface area contributed by atoms with Crippen LogP contribution in [0.3, 0.4) is 0 Å². The molecule has 0 radical (unpaired) electrons. The van der Waals surface area contributed by atoms with Crippen LogP contribution in [-0.4, -0.2) is 0 Å². The van der Waals surface area contributed by atoms with Crippen LogP contribution in [0.25, 0.3) is 0 Å². The van der Waals surface area contributed by atoms with Crippen LogP contribution in [-0.2, 0) is 18.7 Å². The number of rotatable bonds is 7. The van der Waals surface area contributed by atoms with Crippen molar-refractivity contribution in [1.29, 1.82) is 0 Å². The van der Waals surface area contributed by atoms with Gasteiger partial charge in [0.15, 0.2) is 0 Å². The molecule has 3 rings (SSSR count). The van der Waals surface area contributed by atoms with Crippen molar-refractivity contribution in [1.82, 2.24) is 0 Å². The SMILES string of the molecule is CCCCCc1ccc(C#Cc2cc(F)c(C(F)(F)Oc3cc(F)c(C(F)(F)F)c(F)c3)c(F)c2)cc1. The lowest BCUT2D eigenvalue weighted by Crippen LogP contribution is -2.25. The fourth-order valence-corrected chi connectivity index (χ4v) is 3.48. The third-order valence-corrected chi connectivity index (χ3v) is 5.25. The van der Waals surface area contributed by atoms with Crippen LogP contribution in [0.15, 0.2) is 48.5 Å². The van der Waals surface area contributed by atoms with E-state index in [1.54, 1.807) is 12.1 Å². The Morgan fingerprint density at radius 1 is 0.676 bits per heavy atom. The summed E-state index contributed by atoms with van der Waals surface area (Å²) in [5.41, 5.74) is -2.90. The van der Waals surface area contributed by atoms with Gasteiger partial charge in [0.1, 0.15) is 40.1 Å². The maximum Gasteiger partial charge on any atom is 0.432 e. The smallest absolute Gasteiger partial charge is 0.429 e. The molecule has 0 unspecified atom stereocenters. The van der Waals surface area contributed by atoms with E-state index in [0.717, 1.165) is 31.2 Å². The number of unbranched alkanes of at least 4 members (excludes halogenated alkanes) is 2. The maximum absolute atomic E-state index is 14.5. The van der Waals surface area contributed by atoms with Crippen LogP contribution >= 0.6 is 0 Å². The molecule has 0 bridgehead atoms. The molecule has 0 aromatic heterocycles. The van der Waals surface area contributed by atoms with Gasteiger partial charge in [0.25, 0.3) is 0 Å². The third-order valence-electron chi connectivity index (χ3n) is 5.25. The Morgan fingerprint density at radius 3 is 1.70 bits per heavy atom. The minimum atomic E-state index is -5.44. The largest absolute Gasteiger partial charge is 0.432 e. The summed E-state index contributed by atoms with van der Waals surface area (Å²) in [4.78, 5) is 0. The van der Waals surface area contributed by atoms with E-state index in [4.69, 9.17) is 0 Å². The first-order chi connectivity index (χ1) is 17.3. The second kappa shape index (κ2) is 11.2. The van der Waals surface area contributed by atoms with Gasteiger partial charge in [-0.15, -0.1) is 0 Å². The second-order valence-electron chi connectivity index (χ2n) is 8.10. The van der Waals surface area contributed by atoms with Crippen molar-refractivity contribution in [3.05, 3.63) is 99.6 Å². The first kappa shape index (κ1) is 28.0. The number of alkyl halides is 5. The van der Waals surface area contributed by atoms with Crippen molar-refractivity contribution in [3.63, 3.8) is 0 Å². The molecule has 1 nitrogen and oxygen atoms in total. The zero-order valence-electron chi connectivity index (χ0n) is 19.3. The topological polar surface area (TPSA) is 9.23 Å². The molecule has 0 amide bonds. The predicted octanol–water partition coefficient (Wildman–Crippen LogP) is 8.52. The molecule has 3 aromatic rings. The Morgan fingerprint density at radius 2 is 1.19 bits per heavy atom. The summed E-state index contributed by atoms with van der Waals surface area (Å²) in [6.07, 6.45) is -6.17. The standard InChI is InChI=1S/C27H19F9O/c1-2-3-4-5-16-6-8-17(9-7-16)10-11-18-12-20(28)25(21(29)13-18)27(35,36)37-19-14-22(30)24(23(31)15-19)26(32,33)34/h6-9,12-15H,2-5H2,1H3. The summed E-state index contributed by atoms with van der Waals surface area (Å²) in [5, 5.41) is 0. The van der Waals surface area contributed by atoms with Crippen LogP contribution in [0.1, 0.15) is 54.0 Å². The molecule has 3 aromatic carbocycles. The van der Waals surface area contributed by atoms with E-state index in [2.05, 4.69) is 23.5 Å². The van der Waals surface area contributed by atoms with Gasteiger partial charge in [-0.1, -0.05) is 43.7 Å². The van der Waals surface area contributed by atoms with E-state index in [0.29, 0.717) is 17.7 Å². The highest BCUT2D eigenvalue weighted by Gasteiger charge is 2.43. The van der Waals surface area contributed by atoms with Crippen molar-refractivity contribution >= 4 is 0 Å². The first-order valence-electron chi connectivity index (χ1n) is 11.1. The van der Waals surface area contributed by atoms with E-state index in [1.165, 1.54) is 0 Å². The molecule has 0 aliphatic heterocycles. The summed E-state index contributed by atoms with van der Waals surface area (Å²) < 4.78 is 127. The van der Waals surface area contributed by atoms with Gasteiger partial charge in [-0.25, -0.2) is 17.6 Å². The van der Waals surface area contributed by atoms with Crippen LogP contribution in [0.5, 0.6) is 5.75 Å². The molecule has 10 heteroatoms. The molecule has 0 saturated carbocycles. The fourth-order valence-electron chi connectivity index (χ4n) is 3.48. The van der Waals surface area contributed by atoms with Crippen molar-refractivity contribution in [2.75, 3.05) is 0 Å². The lowest BCUT2D eigenvalue weighted by atomic mass is 10.0. The molecule has 0 heterocycles. The maximum atomic E-state index is 14.5. The molecule has 37 heavy (non-hydrogen) atoms. The Hall–Kier alpha value is -3.61. The van der Waals surface area contributed by atoms with Gasteiger partial charge >= 0.3 is 12.3 Å². The Labute approximate surface area is 206 Å². The number of hydrogen-bond acceptors (Lipinski definition) is 1. The summed E-state index contributed by atoms with van der Waals surface area (Å²) in [6, 6.07) is 7.82. The molecule has 0 spiro atoms. The van der Waals surface area contributed by atoms with Gasteiger partial charge in [-0.05, 0) is 42.7 Å². The van der Waals surface area contributed by atoms with E-state index in [1.807, 2.05) is 12.1 Å². The second-order valence-corrected chi connectivity index (χ2v) is 8.10. The van der Waals surface area contributed by atoms with Gasteiger partial charge in [0.2, 0.25) is 0 Å². The molecule has 0 atom stereocenters. The van der Waals surface area contributed by atoms with Crippen molar-refractivity contribution in [2.45, 2.75) is 44.9 Å². The summed E-state index contributed by atoms with van der Waals surface area (Å²) >= 11 is 0. The predicted molar refractivity (Wildman–Crippen MR) is 118 cm³/mol. The first-order valence-corrected chi connectivity index (χ1v) is 11.1. The highest BCUT2D eigenvalue weighted by Crippen LogP contribution is 2.39. The molecule has 0 fully saturated rings. The molecule has 0 aliphatic carbocycles. The monoisotopic (exact) mass is 530 g/mol. The number of halogens is 9. The van der Waals surface area contributed by atoms with Gasteiger partial charge in [0, 0.05) is 23.3 Å². The van der Waals surface area contributed by atoms with Crippen molar-refractivity contribution < 1.29 is 44.3 Å². The van der Waals surface area contributed by atoms with Gasteiger partial charge in [0.05, 0.1) is 0 Å². The van der Waals surface area contributed by atoms with Crippen molar-refractivity contribution in [3.8, 4) is 17.6 Å². The highest BCUT2D eigenvalue weighted by molar-refractivity contribution is 5.45. The Balaban J connectivity index is 1.82. The van der Waals surface area contributed by atoms with E-state index in [-0.39, 0.29) is 17.7 Å².